The summed E-state index contributed by atoms with van der Waals surface area (Å²) in [7, 11) is 0. The summed E-state index contributed by atoms with van der Waals surface area (Å²) in [6, 6.07) is 29.2. The van der Waals surface area contributed by atoms with Gasteiger partial charge in [-0.1, -0.05) is 101 Å². The van der Waals surface area contributed by atoms with E-state index in [0.29, 0.717) is 13.2 Å². The standard InChI is InChI=1S/C29H32N6O4S/c1-21-26(38-20-24(33-35-31)17-32-34-30)27(36-18-22-11-5-2-6-12-22)28(37-19-23-13-7-3-8-14-23)29(39-21)40-25-15-9-4-10-16-25/h2-16,21,24,26-29H,17-20H2,1H3/t21-,24+,26-,27+,28-,29+/m1/s1. The second-order valence-corrected chi connectivity index (χ2v) is 10.4. The molecule has 0 spiro atoms. The molecule has 1 aliphatic heterocycles. The van der Waals surface area contributed by atoms with Crippen molar-refractivity contribution < 1.29 is 18.9 Å². The SMILES string of the molecule is C[C@H]1O[C@@H](Sc2ccccc2)[C@H](OCc2ccccc2)[C@@H](OCc2ccccc2)[C@@H]1OC[C@H](CN=[N+]=[N-])N=[N+]=[N-]. The Balaban J connectivity index is 1.61. The first-order chi connectivity index (χ1) is 19.7. The van der Waals surface area contributed by atoms with E-state index in [-0.39, 0.29) is 24.7 Å². The second kappa shape index (κ2) is 15.9. The average molecular weight is 561 g/mol. The smallest absolute Gasteiger partial charge is 0.136 e. The van der Waals surface area contributed by atoms with Crippen LogP contribution in [-0.4, -0.2) is 49.0 Å². The van der Waals surface area contributed by atoms with Crippen LogP contribution in [0.15, 0.2) is 106 Å². The molecule has 208 valence electrons. The molecule has 0 N–H and O–H groups in total. The molecule has 3 aromatic rings. The highest BCUT2D eigenvalue weighted by atomic mass is 32.2. The Morgan fingerprint density at radius 3 is 1.93 bits per heavy atom. The normalized spacial score (nSPS) is 23.0. The molecule has 1 heterocycles. The quantitative estimate of drug-likeness (QED) is 0.118. The summed E-state index contributed by atoms with van der Waals surface area (Å²) in [4.78, 5) is 6.70. The first-order valence-corrected chi connectivity index (χ1v) is 13.9. The van der Waals surface area contributed by atoms with Crippen molar-refractivity contribution in [2.45, 2.75) is 60.9 Å². The summed E-state index contributed by atoms with van der Waals surface area (Å²) in [5, 5.41) is 7.28. The van der Waals surface area contributed by atoms with Gasteiger partial charge in [0.25, 0.3) is 0 Å². The largest absolute Gasteiger partial charge is 0.372 e. The number of hydrogen-bond acceptors (Lipinski definition) is 7. The zero-order valence-electron chi connectivity index (χ0n) is 22.2. The highest BCUT2D eigenvalue weighted by Gasteiger charge is 2.47. The predicted molar refractivity (Wildman–Crippen MR) is 153 cm³/mol. The molecule has 0 aliphatic carbocycles. The molecule has 4 rings (SSSR count). The highest BCUT2D eigenvalue weighted by Crippen LogP contribution is 2.37. The van der Waals surface area contributed by atoms with Gasteiger partial charge in [0.05, 0.1) is 32.0 Å². The summed E-state index contributed by atoms with van der Waals surface area (Å²) >= 11 is 1.58. The Hall–Kier alpha value is -3.53. The Bertz CT molecular complexity index is 1260. The maximum absolute atomic E-state index is 8.98. The van der Waals surface area contributed by atoms with Gasteiger partial charge in [0.1, 0.15) is 23.7 Å². The Kier molecular flexibility index (Phi) is 11.7. The summed E-state index contributed by atoms with van der Waals surface area (Å²) in [6.45, 7) is 2.67. The zero-order chi connectivity index (χ0) is 28.0. The number of rotatable bonds is 14. The maximum atomic E-state index is 8.98. The van der Waals surface area contributed by atoms with Crippen LogP contribution >= 0.6 is 11.8 Å². The van der Waals surface area contributed by atoms with Gasteiger partial charge in [-0.05, 0) is 41.2 Å². The maximum Gasteiger partial charge on any atom is 0.136 e. The topological polar surface area (TPSA) is 134 Å². The van der Waals surface area contributed by atoms with Crippen molar-refractivity contribution in [1.82, 2.24) is 0 Å². The molecule has 0 radical (unpaired) electrons. The minimum absolute atomic E-state index is 0.0154. The molecular weight excluding hydrogens is 528 g/mol. The lowest BCUT2D eigenvalue weighted by molar-refractivity contribution is -0.240. The Morgan fingerprint density at radius 1 is 0.775 bits per heavy atom. The Morgan fingerprint density at radius 2 is 1.35 bits per heavy atom. The molecular formula is C29H32N6O4S. The van der Waals surface area contributed by atoms with E-state index in [1.165, 1.54) is 0 Å². The lowest BCUT2D eigenvalue weighted by Crippen LogP contribution is -2.58. The third-order valence-electron chi connectivity index (χ3n) is 6.34. The van der Waals surface area contributed by atoms with Gasteiger partial charge in [0.2, 0.25) is 0 Å². The molecule has 0 aromatic heterocycles. The highest BCUT2D eigenvalue weighted by molar-refractivity contribution is 7.99. The van der Waals surface area contributed by atoms with E-state index < -0.39 is 24.4 Å². The van der Waals surface area contributed by atoms with Gasteiger partial charge in [-0.2, -0.15) is 0 Å². The number of ether oxygens (including phenoxy) is 4. The molecule has 0 unspecified atom stereocenters. The van der Waals surface area contributed by atoms with Crippen molar-refractivity contribution in [3.8, 4) is 0 Å². The molecule has 10 nitrogen and oxygen atoms in total. The van der Waals surface area contributed by atoms with Gasteiger partial charge in [0, 0.05) is 21.3 Å². The summed E-state index contributed by atoms with van der Waals surface area (Å²) < 4.78 is 25.9. The first-order valence-electron chi connectivity index (χ1n) is 13.0. The van der Waals surface area contributed by atoms with Gasteiger partial charge in [-0.15, -0.1) is 0 Å². The van der Waals surface area contributed by atoms with Crippen LogP contribution in [0, 0.1) is 0 Å². The molecule has 3 aromatic carbocycles. The van der Waals surface area contributed by atoms with Crippen molar-refractivity contribution in [2.24, 2.45) is 10.2 Å². The minimum atomic E-state index is -0.664. The van der Waals surface area contributed by atoms with E-state index in [9.17, 15) is 0 Å². The number of thioether (sulfide) groups is 1. The zero-order valence-corrected chi connectivity index (χ0v) is 23.0. The second-order valence-electron chi connectivity index (χ2n) is 9.23. The van der Waals surface area contributed by atoms with Crippen LogP contribution in [0.2, 0.25) is 0 Å². The number of azide groups is 2. The minimum Gasteiger partial charge on any atom is -0.372 e. The van der Waals surface area contributed by atoms with Crippen LogP contribution in [-0.2, 0) is 32.2 Å². The Labute approximate surface area is 237 Å². The molecule has 1 fully saturated rings. The van der Waals surface area contributed by atoms with E-state index in [1.54, 1.807) is 11.8 Å². The number of hydrogen-bond donors (Lipinski definition) is 0. The van der Waals surface area contributed by atoms with Crippen molar-refractivity contribution in [3.63, 3.8) is 0 Å². The summed E-state index contributed by atoms with van der Waals surface area (Å²) in [5.41, 5.74) is 19.4. The monoisotopic (exact) mass is 560 g/mol. The predicted octanol–water partition coefficient (Wildman–Crippen LogP) is 7.07. The molecule has 1 aliphatic rings. The molecule has 0 saturated carbocycles. The third-order valence-corrected chi connectivity index (χ3v) is 7.50. The third kappa shape index (κ3) is 8.74. The van der Waals surface area contributed by atoms with E-state index in [1.807, 2.05) is 97.9 Å². The lowest BCUT2D eigenvalue weighted by atomic mass is 9.99. The molecule has 1 saturated heterocycles. The van der Waals surface area contributed by atoms with Crippen LogP contribution in [0.25, 0.3) is 20.9 Å². The molecule has 0 bridgehead atoms. The van der Waals surface area contributed by atoms with Gasteiger partial charge in [-0.25, -0.2) is 0 Å². The van der Waals surface area contributed by atoms with Crippen molar-refractivity contribution in [3.05, 3.63) is 123 Å². The van der Waals surface area contributed by atoms with Gasteiger partial charge < -0.3 is 18.9 Å². The fourth-order valence-corrected chi connectivity index (χ4v) is 5.56. The van der Waals surface area contributed by atoms with Crippen LogP contribution in [0.4, 0.5) is 0 Å². The van der Waals surface area contributed by atoms with Gasteiger partial charge in [0.15, 0.2) is 0 Å². The van der Waals surface area contributed by atoms with Crippen LogP contribution in [0.1, 0.15) is 18.1 Å². The lowest BCUT2D eigenvalue weighted by Gasteiger charge is -2.45. The summed E-state index contributed by atoms with van der Waals surface area (Å²) in [5.74, 6) is 0. The van der Waals surface area contributed by atoms with Gasteiger partial charge in [-0.3, -0.25) is 0 Å². The number of nitrogens with zero attached hydrogens (tertiary/aromatic N) is 6. The molecule has 11 heteroatoms. The van der Waals surface area contributed by atoms with E-state index >= 15 is 0 Å². The van der Waals surface area contributed by atoms with E-state index in [0.717, 1.165) is 16.0 Å². The van der Waals surface area contributed by atoms with Crippen molar-refractivity contribution >= 4 is 11.8 Å². The number of benzene rings is 3. The van der Waals surface area contributed by atoms with Crippen LogP contribution in [0.5, 0.6) is 0 Å². The average Bonchev–Trinajstić information content (AvgIpc) is 2.99. The van der Waals surface area contributed by atoms with E-state index in [4.69, 9.17) is 30.0 Å². The van der Waals surface area contributed by atoms with Crippen molar-refractivity contribution in [2.75, 3.05) is 13.2 Å². The first kappa shape index (κ1) is 29.5. The molecule has 6 atom stereocenters. The summed E-state index contributed by atoms with van der Waals surface area (Å²) in [6.07, 6.45) is -1.92. The van der Waals surface area contributed by atoms with Crippen molar-refractivity contribution in [1.29, 1.82) is 0 Å². The van der Waals surface area contributed by atoms with Gasteiger partial charge >= 0.3 is 0 Å². The molecule has 0 amide bonds. The molecule has 40 heavy (non-hydrogen) atoms. The fraction of sp³-hybridized carbons (Fsp3) is 0.379. The van der Waals surface area contributed by atoms with Crippen LogP contribution < -0.4 is 0 Å². The fourth-order valence-electron chi connectivity index (χ4n) is 4.38. The van der Waals surface area contributed by atoms with E-state index in [2.05, 4.69) is 20.1 Å². The van der Waals surface area contributed by atoms with Crippen LogP contribution in [0.3, 0.4) is 0 Å².